The normalized spacial score (nSPS) is 29.9. The first-order valence-electron chi connectivity index (χ1n) is 5.73. The molecule has 0 amide bonds. The van der Waals surface area contributed by atoms with Gasteiger partial charge in [0.15, 0.2) is 0 Å². The molecule has 0 aliphatic carbocycles. The van der Waals surface area contributed by atoms with E-state index in [0.29, 0.717) is 17.9 Å². The summed E-state index contributed by atoms with van der Waals surface area (Å²) in [4.78, 5) is 15.4. The molecular formula is C12H14BrNOS. The van der Waals surface area contributed by atoms with Crippen LogP contribution in [0.1, 0.15) is 30.6 Å². The van der Waals surface area contributed by atoms with E-state index in [0.717, 1.165) is 19.4 Å². The molecule has 2 fully saturated rings. The lowest BCUT2D eigenvalue weighted by atomic mass is 10.0. The molecule has 2 unspecified atom stereocenters. The van der Waals surface area contributed by atoms with Gasteiger partial charge >= 0.3 is 0 Å². The monoisotopic (exact) mass is 299 g/mol. The first-order valence-corrected chi connectivity index (χ1v) is 7.40. The van der Waals surface area contributed by atoms with Crippen molar-refractivity contribution in [3.8, 4) is 0 Å². The second-order valence-electron chi connectivity index (χ2n) is 4.70. The lowest BCUT2D eigenvalue weighted by molar-refractivity contribution is -0.123. The molecule has 1 aromatic rings. The summed E-state index contributed by atoms with van der Waals surface area (Å²) in [5.74, 6) is 0.467. The number of rotatable bonds is 2. The topological polar surface area (TPSA) is 20.3 Å². The van der Waals surface area contributed by atoms with Gasteiger partial charge in [0.05, 0.1) is 0 Å². The number of hydrogen-bond donors (Lipinski definition) is 0. The van der Waals surface area contributed by atoms with Gasteiger partial charge in [0.1, 0.15) is 5.78 Å². The molecule has 3 heterocycles. The zero-order valence-corrected chi connectivity index (χ0v) is 11.4. The minimum absolute atomic E-state index is 0.467. The number of halogens is 1. The Kier molecular flexibility index (Phi) is 2.90. The third kappa shape index (κ3) is 1.87. The zero-order valence-electron chi connectivity index (χ0n) is 8.99. The highest BCUT2D eigenvalue weighted by Gasteiger charge is 2.40. The summed E-state index contributed by atoms with van der Waals surface area (Å²) in [6, 6.07) is 3.14. The zero-order chi connectivity index (χ0) is 11.1. The summed E-state index contributed by atoms with van der Waals surface area (Å²) in [5, 5.41) is 2.12. The second kappa shape index (κ2) is 4.24. The van der Waals surface area contributed by atoms with E-state index in [4.69, 9.17) is 0 Å². The first-order chi connectivity index (χ1) is 7.74. The third-order valence-corrected chi connectivity index (χ3v) is 5.63. The van der Waals surface area contributed by atoms with Crippen molar-refractivity contribution in [2.45, 2.75) is 44.3 Å². The highest BCUT2D eigenvalue weighted by atomic mass is 79.9. The molecule has 2 atom stereocenters. The maximum Gasteiger partial charge on any atom is 0.136 e. The number of piperidine rings is 1. The standard InChI is InChI=1S/C12H14BrNOS/c13-11-3-4-16-12(11)7-14-8-1-2-9(14)6-10(15)5-8/h3-4,8-9H,1-2,5-7H2. The molecule has 4 heteroatoms. The Bertz CT molecular complexity index is 401. The first kappa shape index (κ1) is 10.9. The maximum absolute atomic E-state index is 11.5. The fourth-order valence-corrected chi connectivity index (χ4v) is 4.41. The summed E-state index contributed by atoms with van der Waals surface area (Å²) in [7, 11) is 0. The van der Waals surface area contributed by atoms with Crippen molar-refractivity contribution in [1.29, 1.82) is 0 Å². The fraction of sp³-hybridized carbons (Fsp3) is 0.583. The predicted molar refractivity (Wildman–Crippen MR) is 68.6 cm³/mol. The van der Waals surface area contributed by atoms with E-state index in [2.05, 4.69) is 32.3 Å². The second-order valence-corrected chi connectivity index (χ2v) is 6.55. The van der Waals surface area contributed by atoms with Gasteiger partial charge in [0.25, 0.3) is 0 Å². The van der Waals surface area contributed by atoms with Gasteiger partial charge in [-0.25, -0.2) is 0 Å². The van der Waals surface area contributed by atoms with E-state index >= 15 is 0 Å². The van der Waals surface area contributed by atoms with E-state index in [-0.39, 0.29) is 0 Å². The van der Waals surface area contributed by atoms with Gasteiger partial charge in [-0.1, -0.05) is 0 Å². The van der Waals surface area contributed by atoms with Crippen LogP contribution >= 0.6 is 27.3 Å². The molecule has 3 rings (SSSR count). The fourth-order valence-electron chi connectivity index (χ4n) is 2.92. The molecule has 86 valence electrons. The minimum Gasteiger partial charge on any atom is -0.300 e. The van der Waals surface area contributed by atoms with Crippen LogP contribution in [-0.4, -0.2) is 22.8 Å². The van der Waals surface area contributed by atoms with Crippen molar-refractivity contribution in [2.24, 2.45) is 0 Å². The Labute approximate surface area is 108 Å². The van der Waals surface area contributed by atoms with Crippen LogP contribution in [0.3, 0.4) is 0 Å². The maximum atomic E-state index is 11.5. The molecule has 2 aliphatic heterocycles. The van der Waals surface area contributed by atoms with Crippen LogP contribution in [-0.2, 0) is 11.3 Å². The van der Waals surface area contributed by atoms with Crippen LogP contribution in [0.25, 0.3) is 0 Å². The van der Waals surface area contributed by atoms with Gasteiger partial charge in [-0.05, 0) is 40.2 Å². The van der Waals surface area contributed by atoms with Gasteiger partial charge < -0.3 is 0 Å². The van der Waals surface area contributed by atoms with Crippen molar-refractivity contribution >= 4 is 33.0 Å². The van der Waals surface area contributed by atoms with E-state index < -0.39 is 0 Å². The number of nitrogens with zero attached hydrogens (tertiary/aromatic N) is 1. The van der Waals surface area contributed by atoms with E-state index in [1.807, 2.05) is 0 Å². The Morgan fingerprint density at radius 1 is 1.38 bits per heavy atom. The third-order valence-electron chi connectivity index (χ3n) is 3.71. The van der Waals surface area contributed by atoms with Crippen LogP contribution in [0.15, 0.2) is 15.9 Å². The van der Waals surface area contributed by atoms with E-state index in [1.165, 1.54) is 22.2 Å². The quantitative estimate of drug-likeness (QED) is 0.836. The lowest BCUT2D eigenvalue weighted by Crippen LogP contribution is -2.42. The van der Waals surface area contributed by atoms with Gasteiger partial charge in [-0.2, -0.15) is 0 Å². The average molecular weight is 300 g/mol. The minimum atomic E-state index is 0.467. The summed E-state index contributed by atoms with van der Waals surface area (Å²) in [6.45, 7) is 1.01. The van der Waals surface area contributed by atoms with Crippen LogP contribution in [0.5, 0.6) is 0 Å². The highest BCUT2D eigenvalue weighted by Crippen LogP contribution is 2.36. The predicted octanol–water partition coefficient (Wildman–Crippen LogP) is 3.21. The molecule has 0 N–H and O–H groups in total. The highest BCUT2D eigenvalue weighted by molar-refractivity contribution is 9.10. The average Bonchev–Trinajstić information content (AvgIpc) is 2.73. The molecule has 2 nitrogen and oxygen atoms in total. The van der Waals surface area contributed by atoms with Crippen LogP contribution < -0.4 is 0 Å². The molecule has 0 spiro atoms. The Morgan fingerprint density at radius 3 is 2.62 bits per heavy atom. The largest absolute Gasteiger partial charge is 0.300 e. The number of carbonyl (C=O) groups is 1. The van der Waals surface area contributed by atoms with E-state index in [9.17, 15) is 4.79 Å². The number of carbonyl (C=O) groups excluding carboxylic acids is 1. The summed E-state index contributed by atoms with van der Waals surface area (Å²) in [6.07, 6.45) is 3.97. The van der Waals surface area contributed by atoms with Gasteiger partial charge in [-0.15, -0.1) is 11.3 Å². The van der Waals surface area contributed by atoms with Crippen molar-refractivity contribution in [2.75, 3.05) is 0 Å². The lowest BCUT2D eigenvalue weighted by Gasteiger charge is -2.33. The molecule has 16 heavy (non-hydrogen) atoms. The Morgan fingerprint density at radius 2 is 2.06 bits per heavy atom. The van der Waals surface area contributed by atoms with Crippen LogP contribution in [0.4, 0.5) is 0 Å². The molecule has 0 aromatic carbocycles. The SMILES string of the molecule is O=C1CC2CCC(C1)N2Cc1sccc1Br. The molecule has 1 aromatic heterocycles. The van der Waals surface area contributed by atoms with Gasteiger partial charge in [0.2, 0.25) is 0 Å². The summed E-state index contributed by atoms with van der Waals surface area (Å²) < 4.78 is 1.22. The Balaban J connectivity index is 1.77. The molecule has 2 saturated heterocycles. The van der Waals surface area contributed by atoms with Crippen molar-refractivity contribution in [1.82, 2.24) is 4.90 Å². The smallest absolute Gasteiger partial charge is 0.136 e. The van der Waals surface area contributed by atoms with Crippen molar-refractivity contribution in [3.05, 3.63) is 20.8 Å². The number of fused-ring (bicyclic) bond motifs is 2. The molecular weight excluding hydrogens is 286 g/mol. The molecule has 0 radical (unpaired) electrons. The van der Waals surface area contributed by atoms with E-state index in [1.54, 1.807) is 11.3 Å². The van der Waals surface area contributed by atoms with Gasteiger partial charge in [-0.3, -0.25) is 9.69 Å². The Hall–Kier alpha value is -0.190. The number of Topliss-reactive ketones (excluding diaryl/α,β-unsaturated/α-hetero) is 1. The number of hydrogen-bond acceptors (Lipinski definition) is 3. The van der Waals surface area contributed by atoms with Crippen molar-refractivity contribution in [3.63, 3.8) is 0 Å². The van der Waals surface area contributed by atoms with Crippen LogP contribution in [0, 0.1) is 0 Å². The van der Waals surface area contributed by atoms with Crippen molar-refractivity contribution < 1.29 is 4.79 Å². The molecule has 2 bridgehead atoms. The molecule has 0 saturated carbocycles. The van der Waals surface area contributed by atoms with Crippen LogP contribution in [0.2, 0.25) is 0 Å². The van der Waals surface area contributed by atoms with Gasteiger partial charge in [0, 0.05) is 40.8 Å². The molecule has 2 aliphatic rings. The number of thiophene rings is 1. The summed E-state index contributed by atoms with van der Waals surface area (Å²) >= 11 is 5.38. The summed E-state index contributed by atoms with van der Waals surface area (Å²) in [5.41, 5.74) is 0. The number of ketones is 1.